The zero-order chi connectivity index (χ0) is 24.4. The maximum Gasteiger partial charge on any atom is 0.320 e. The van der Waals surface area contributed by atoms with Crippen LogP contribution in [0.2, 0.25) is 0 Å². The van der Waals surface area contributed by atoms with Crippen molar-refractivity contribution < 1.29 is 23.8 Å². The Hall–Kier alpha value is -1.95. The van der Waals surface area contributed by atoms with Crippen LogP contribution in [0, 0.1) is 17.7 Å². The number of aldehydes is 1. The van der Waals surface area contributed by atoms with E-state index in [1.165, 1.54) is 38.2 Å². The number of carboxylic acid groups (broad SMARTS) is 1. The number of likely N-dealkylation sites (N-methyl/N-ethyl adjacent to an activating group) is 1. The van der Waals surface area contributed by atoms with E-state index in [0.29, 0.717) is 30.5 Å². The maximum atomic E-state index is 13.8. The third-order valence-electron chi connectivity index (χ3n) is 6.78. The average Bonchev–Trinajstić information content (AvgIpc) is 3.36. The van der Waals surface area contributed by atoms with Crippen molar-refractivity contribution in [2.45, 2.75) is 90.5 Å². The first kappa shape index (κ1) is 27.3. The summed E-state index contributed by atoms with van der Waals surface area (Å²) in [5.74, 6) is 1.37. The molecule has 5 nitrogen and oxygen atoms in total. The molecule has 0 spiro atoms. The van der Waals surface area contributed by atoms with Gasteiger partial charge in [-0.15, -0.1) is 0 Å². The number of likely N-dealkylation sites (tertiary alicyclic amines) is 1. The Balaban J connectivity index is 0.000000267. The molecule has 2 saturated carbocycles. The number of carbonyl (C=O) groups excluding carboxylic acids is 1. The van der Waals surface area contributed by atoms with Crippen LogP contribution < -0.4 is 4.74 Å². The van der Waals surface area contributed by atoms with Gasteiger partial charge in [0.25, 0.3) is 0 Å². The fourth-order valence-corrected chi connectivity index (χ4v) is 4.65. The molecular weight excluding hydrogens is 421 g/mol. The molecule has 3 fully saturated rings. The smallest absolute Gasteiger partial charge is 0.320 e. The number of aliphatic carboxylic acids is 1. The second-order valence-electron chi connectivity index (χ2n) is 9.75. The van der Waals surface area contributed by atoms with Crippen LogP contribution in [0.1, 0.15) is 100 Å². The van der Waals surface area contributed by atoms with Crippen LogP contribution >= 0.6 is 0 Å². The fourth-order valence-electron chi connectivity index (χ4n) is 4.65. The zero-order valence-electron chi connectivity index (χ0n) is 20.8. The highest BCUT2D eigenvalue weighted by Gasteiger charge is 2.29. The van der Waals surface area contributed by atoms with Crippen molar-refractivity contribution in [3.8, 4) is 5.75 Å². The predicted octanol–water partition coefficient (Wildman–Crippen LogP) is 6.30. The molecule has 1 N–H and O–H groups in total. The lowest BCUT2D eigenvalue weighted by Crippen LogP contribution is -2.32. The summed E-state index contributed by atoms with van der Waals surface area (Å²) < 4.78 is 19.8. The minimum Gasteiger partial charge on any atom is -0.493 e. The summed E-state index contributed by atoms with van der Waals surface area (Å²) in [7, 11) is 1.85. The molecule has 6 heteroatoms. The first-order valence-electron chi connectivity index (χ1n) is 12.7. The molecule has 1 aromatic carbocycles. The van der Waals surface area contributed by atoms with Crippen molar-refractivity contribution in [3.05, 3.63) is 29.1 Å². The van der Waals surface area contributed by atoms with Gasteiger partial charge in [-0.1, -0.05) is 40.0 Å². The van der Waals surface area contributed by atoms with Crippen molar-refractivity contribution in [1.82, 2.24) is 4.90 Å². The van der Waals surface area contributed by atoms with Gasteiger partial charge in [0.1, 0.15) is 17.6 Å². The summed E-state index contributed by atoms with van der Waals surface area (Å²) in [6, 6.07) is 2.87. The first-order chi connectivity index (χ1) is 15.8. The van der Waals surface area contributed by atoms with Crippen molar-refractivity contribution >= 4 is 12.3 Å². The summed E-state index contributed by atoms with van der Waals surface area (Å²) in [5.41, 5.74) is 1.17. The highest BCUT2D eigenvalue weighted by Crippen LogP contribution is 2.45. The standard InChI is InChI=1S/C18H23FO2.C6H11NO2.C3H8/c1-2-12-3-4-13(7-12)11-21-18-9-17(19)15(10-20)8-16(18)14-5-6-14;1-7-4-2-3-5(7)6(8)9;1-3-2/h8-10,12-14H,2-7,11H2,1H3;5H,2-4H2,1H3,(H,8,9);3H2,1-2H3. The predicted molar refractivity (Wildman–Crippen MR) is 130 cm³/mol. The van der Waals surface area contributed by atoms with E-state index in [0.717, 1.165) is 43.7 Å². The maximum absolute atomic E-state index is 13.8. The number of halogens is 1. The number of carboxylic acids is 1. The van der Waals surface area contributed by atoms with E-state index in [1.54, 1.807) is 6.07 Å². The van der Waals surface area contributed by atoms with Gasteiger partial charge >= 0.3 is 5.97 Å². The first-order valence-corrected chi connectivity index (χ1v) is 12.7. The Labute approximate surface area is 198 Å². The molecule has 1 aliphatic heterocycles. The number of carbonyl (C=O) groups is 2. The molecule has 2 aliphatic carbocycles. The Kier molecular flexibility index (Phi) is 11.3. The lowest BCUT2D eigenvalue weighted by atomic mass is 10.0. The van der Waals surface area contributed by atoms with Gasteiger partial charge in [0.05, 0.1) is 12.2 Å². The minimum absolute atomic E-state index is 0.149. The third-order valence-corrected chi connectivity index (χ3v) is 6.78. The lowest BCUT2D eigenvalue weighted by molar-refractivity contribution is -0.141. The topological polar surface area (TPSA) is 66.8 Å². The summed E-state index contributed by atoms with van der Waals surface area (Å²) in [6.07, 6.45) is 10.9. The minimum atomic E-state index is -0.685. The van der Waals surface area contributed by atoms with Crippen LogP contribution in [0.4, 0.5) is 4.39 Å². The van der Waals surface area contributed by atoms with Crippen molar-refractivity contribution in [2.24, 2.45) is 11.8 Å². The van der Waals surface area contributed by atoms with E-state index in [1.807, 2.05) is 11.9 Å². The summed E-state index contributed by atoms with van der Waals surface area (Å²) >= 11 is 0. The Morgan fingerprint density at radius 2 is 1.82 bits per heavy atom. The van der Waals surface area contributed by atoms with Gasteiger partial charge in [0.2, 0.25) is 0 Å². The molecule has 186 valence electrons. The normalized spacial score (nSPS) is 24.3. The fraction of sp³-hybridized carbons (Fsp3) is 0.704. The van der Waals surface area contributed by atoms with Crippen LogP contribution in [-0.2, 0) is 4.79 Å². The molecule has 0 bridgehead atoms. The zero-order valence-corrected chi connectivity index (χ0v) is 20.8. The average molecular weight is 464 g/mol. The molecule has 1 aromatic rings. The Bertz CT molecular complexity index is 765. The van der Waals surface area contributed by atoms with E-state index in [2.05, 4.69) is 20.8 Å². The van der Waals surface area contributed by atoms with E-state index < -0.39 is 11.8 Å². The van der Waals surface area contributed by atoms with Crippen molar-refractivity contribution in [2.75, 3.05) is 20.2 Å². The monoisotopic (exact) mass is 463 g/mol. The van der Waals surface area contributed by atoms with Gasteiger partial charge in [-0.25, -0.2) is 4.39 Å². The number of rotatable bonds is 7. The molecule has 3 aliphatic rings. The molecule has 3 unspecified atom stereocenters. The second-order valence-corrected chi connectivity index (χ2v) is 9.75. The number of nitrogens with zero attached hydrogens (tertiary/aromatic N) is 1. The molecule has 0 radical (unpaired) electrons. The quantitative estimate of drug-likeness (QED) is 0.481. The molecule has 3 atom stereocenters. The van der Waals surface area contributed by atoms with Crippen LogP contribution in [0.5, 0.6) is 5.75 Å². The lowest BCUT2D eigenvalue weighted by Gasteiger charge is -2.16. The van der Waals surface area contributed by atoms with Crippen LogP contribution in [0.3, 0.4) is 0 Å². The van der Waals surface area contributed by atoms with E-state index in [-0.39, 0.29) is 11.6 Å². The van der Waals surface area contributed by atoms with Crippen LogP contribution in [-0.4, -0.2) is 48.5 Å². The van der Waals surface area contributed by atoms with Gasteiger partial charge in [-0.3, -0.25) is 14.5 Å². The molecule has 33 heavy (non-hydrogen) atoms. The van der Waals surface area contributed by atoms with Gasteiger partial charge in [0.15, 0.2) is 6.29 Å². The third kappa shape index (κ3) is 8.40. The van der Waals surface area contributed by atoms with Gasteiger partial charge in [0, 0.05) is 6.07 Å². The van der Waals surface area contributed by atoms with Crippen LogP contribution in [0.25, 0.3) is 0 Å². The second kappa shape index (κ2) is 13.7. The summed E-state index contributed by atoms with van der Waals surface area (Å²) in [5, 5.41) is 8.54. The molecule has 1 heterocycles. The summed E-state index contributed by atoms with van der Waals surface area (Å²) in [6.45, 7) is 8.10. The van der Waals surface area contributed by atoms with E-state index in [9.17, 15) is 14.0 Å². The SMILES string of the molecule is CCC.CCC1CCC(COc2cc(F)c(C=O)cc2C2CC2)C1.CN1CCCC1C(=O)O. The van der Waals surface area contributed by atoms with E-state index >= 15 is 0 Å². The molecular formula is C27H42FNO4. The molecule has 4 rings (SSSR count). The van der Waals surface area contributed by atoms with Crippen molar-refractivity contribution in [3.63, 3.8) is 0 Å². The molecule has 0 amide bonds. The van der Waals surface area contributed by atoms with Gasteiger partial charge in [-0.05, 0) is 81.5 Å². The number of ether oxygens (including phenoxy) is 1. The van der Waals surface area contributed by atoms with E-state index in [4.69, 9.17) is 9.84 Å². The molecule has 1 saturated heterocycles. The Morgan fingerprint density at radius 1 is 1.15 bits per heavy atom. The number of hydrogen-bond acceptors (Lipinski definition) is 4. The molecule has 0 aromatic heterocycles. The highest BCUT2D eigenvalue weighted by atomic mass is 19.1. The van der Waals surface area contributed by atoms with Crippen molar-refractivity contribution in [1.29, 1.82) is 0 Å². The number of hydrogen-bond donors (Lipinski definition) is 1. The summed E-state index contributed by atoms with van der Waals surface area (Å²) in [4.78, 5) is 23.1. The Morgan fingerprint density at radius 3 is 2.27 bits per heavy atom. The van der Waals surface area contributed by atoms with Gasteiger partial charge < -0.3 is 9.84 Å². The largest absolute Gasteiger partial charge is 0.493 e. The van der Waals surface area contributed by atoms with Crippen LogP contribution in [0.15, 0.2) is 12.1 Å². The van der Waals surface area contributed by atoms with Gasteiger partial charge in [-0.2, -0.15) is 0 Å². The highest BCUT2D eigenvalue weighted by molar-refractivity contribution is 5.76. The number of benzene rings is 1.